The summed E-state index contributed by atoms with van der Waals surface area (Å²) in [5, 5.41) is 1.07. The summed E-state index contributed by atoms with van der Waals surface area (Å²) in [5.74, 6) is 2.41. The molecule has 106 valence electrons. The number of hydrogen-bond donors (Lipinski definition) is 1. The Morgan fingerprint density at radius 2 is 2.05 bits per heavy atom. The molecule has 0 spiro atoms. The molecule has 1 aliphatic rings. The maximum atomic E-state index is 6.30. The van der Waals surface area contributed by atoms with E-state index in [1.807, 2.05) is 12.1 Å². The molecule has 2 N–H and O–H groups in total. The summed E-state index contributed by atoms with van der Waals surface area (Å²) in [5.41, 5.74) is 8.04. The number of anilines is 1. The fraction of sp³-hybridized carbons (Fsp3) is 0.400. The lowest BCUT2D eigenvalue weighted by atomic mass is 10.1. The third kappa shape index (κ3) is 2.40. The highest BCUT2D eigenvalue weighted by Crippen LogP contribution is 2.42. The molecule has 1 saturated carbocycles. The number of aromatic nitrogens is 2. The van der Waals surface area contributed by atoms with Crippen LogP contribution in [0.2, 0.25) is 10.0 Å². The van der Waals surface area contributed by atoms with Crippen molar-refractivity contribution in [2.75, 3.05) is 5.73 Å². The number of halogens is 2. The molecule has 2 aromatic rings. The Morgan fingerprint density at radius 3 is 2.65 bits per heavy atom. The number of imidazole rings is 1. The minimum atomic E-state index is 0.529. The van der Waals surface area contributed by atoms with Gasteiger partial charge in [0.05, 0.1) is 10.0 Å². The first-order chi connectivity index (χ1) is 9.61. The topological polar surface area (TPSA) is 43.8 Å². The standard InChI is InChI=1S/C15H17Cl2N3/c1-2-7-20-14(18)13(19-15(20)9-3-4-9)10-5-6-11(16)12(17)8-10/h5-6,8-9H,2-4,7,18H2,1H3. The van der Waals surface area contributed by atoms with E-state index in [-0.39, 0.29) is 0 Å². The molecule has 1 aliphatic carbocycles. The van der Waals surface area contributed by atoms with Gasteiger partial charge in [-0.2, -0.15) is 0 Å². The molecule has 0 atom stereocenters. The molecule has 0 unspecified atom stereocenters. The van der Waals surface area contributed by atoms with Gasteiger partial charge in [-0.05, 0) is 31.4 Å². The first kappa shape index (κ1) is 13.8. The van der Waals surface area contributed by atoms with Crippen LogP contribution in [0.1, 0.15) is 37.9 Å². The maximum Gasteiger partial charge on any atom is 0.131 e. The second-order valence-electron chi connectivity index (χ2n) is 5.26. The Kier molecular flexibility index (Phi) is 3.65. The second-order valence-corrected chi connectivity index (χ2v) is 6.07. The van der Waals surface area contributed by atoms with Crippen molar-refractivity contribution in [1.82, 2.24) is 9.55 Å². The number of hydrogen-bond acceptors (Lipinski definition) is 2. The van der Waals surface area contributed by atoms with Crippen molar-refractivity contribution < 1.29 is 0 Å². The minimum absolute atomic E-state index is 0.529. The van der Waals surface area contributed by atoms with E-state index in [0.717, 1.165) is 35.9 Å². The van der Waals surface area contributed by atoms with Crippen LogP contribution in [-0.2, 0) is 6.54 Å². The van der Waals surface area contributed by atoms with Gasteiger partial charge in [0.2, 0.25) is 0 Å². The van der Waals surface area contributed by atoms with E-state index in [1.54, 1.807) is 6.07 Å². The van der Waals surface area contributed by atoms with Gasteiger partial charge in [-0.25, -0.2) is 4.98 Å². The first-order valence-corrected chi connectivity index (χ1v) is 7.68. The Labute approximate surface area is 128 Å². The van der Waals surface area contributed by atoms with Crippen LogP contribution in [0.5, 0.6) is 0 Å². The lowest BCUT2D eigenvalue weighted by Gasteiger charge is -2.07. The Hall–Kier alpha value is -1.19. The number of nitrogen functional groups attached to an aromatic ring is 1. The van der Waals surface area contributed by atoms with Crippen molar-refractivity contribution in [2.45, 2.75) is 38.6 Å². The Morgan fingerprint density at radius 1 is 1.30 bits per heavy atom. The first-order valence-electron chi connectivity index (χ1n) is 6.93. The summed E-state index contributed by atoms with van der Waals surface area (Å²) in [6, 6.07) is 5.53. The fourth-order valence-corrected chi connectivity index (χ4v) is 2.75. The van der Waals surface area contributed by atoms with Gasteiger partial charge in [0, 0.05) is 18.0 Å². The summed E-state index contributed by atoms with van der Waals surface area (Å²) in [6.45, 7) is 3.06. The van der Waals surface area contributed by atoms with Gasteiger partial charge in [-0.1, -0.05) is 36.2 Å². The van der Waals surface area contributed by atoms with E-state index in [1.165, 1.54) is 12.8 Å². The molecule has 1 aromatic carbocycles. The Bertz CT molecular complexity index is 645. The highest BCUT2D eigenvalue weighted by atomic mass is 35.5. The van der Waals surface area contributed by atoms with Crippen LogP contribution in [0.3, 0.4) is 0 Å². The van der Waals surface area contributed by atoms with Crippen molar-refractivity contribution in [3.8, 4) is 11.3 Å². The zero-order chi connectivity index (χ0) is 14.3. The monoisotopic (exact) mass is 309 g/mol. The third-order valence-corrected chi connectivity index (χ3v) is 4.36. The molecular weight excluding hydrogens is 293 g/mol. The minimum Gasteiger partial charge on any atom is -0.383 e. The predicted octanol–water partition coefficient (Wildman–Crippen LogP) is 4.73. The van der Waals surface area contributed by atoms with Gasteiger partial charge >= 0.3 is 0 Å². The molecule has 0 bridgehead atoms. The van der Waals surface area contributed by atoms with Crippen molar-refractivity contribution in [1.29, 1.82) is 0 Å². The van der Waals surface area contributed by atoms with Crippen LogP contribution in [-0.4, -0.2) is 9.55 Å². The van der Waals surface area contributed by atoms with Crippen molar-refractivity contribution >= 4 is 29.0 Å². The quantitative estimate of drug-likeness (QED) is 0.887. The van der Waals surface area contributed by atoms with Gasteiger partial charge in [0.1, 0.15) is 17.3 Å². The van der Waals surface area contributed by atoms with Crippen LogP contribution < -0.4 is 5.73 Å². The van der Waals surface area contributed by atoms with Gasteiger partial charge in [0.25, 0.3) is 0 Å². The predicted molar refractivity (Wildman–Crippen MR) is 84.4 cm³/mol. The molecule has 3 nitrogen and oxygen atoms in total. The van der Waals surface area contributed by atoms with Gasteiger partial charge in [-0.15, -0.1) is 0 Å². The van der Waals surface area contributed by atoms with Gasteiger partial charge < -0.3 is 10.3 Å². The molecule has 0 amide bonds. The van der Waals surface area contributed by atoms with E-state index >= 15 is 0 Å². The van der Waals surface area contributed by atoms with Crippen LogP contribution >= 0.6 is 23.2 Å². The zero-order valence-electron chi connectivity index (χ0n) is 11.4. The van der Waals surface area contributed by atoms with E-state index < -0.39 is 0 Å². The zero-order valence-corrected chi connectivity index (χ0v) is 12.9. The van der Waals surface area contributed by atoms with E-state index in [0.29, 0.717) is 16.0 Å². The van der Waals surface area contributed by atoms with Crippen molar-refractivity contribution in [3.63, 3.8) is 0 Å². The number of nitrogens with zero attached hydrogens (tertiary/aromatic N) is 2. The van der Waals surface area contributed by atoms with Gasteiger partial charge in [0.15, 0.2) is 0 Å². The summed E-state index contributed by atoms with van der Waals surface area (Å²) in [7, 11) is 0. The molecule has 20 heavy (non-hydrogen) atoms. The molecule has 0 aliphatic heterocycles. The molecule has 0 saturated heterocycles. The smallest absolute Gasteiger partial charge is 0.131 e. The van der Waals surface area contributed by atoms with Gasteiger partial charge in [-0.3, -0.25) is 0 Å². The SMILES string of the molecule is CCCn1c(C2CC2)nc(-c2ccc(Cl)c(Cl)c2)c1N. The highest BCUT2D eigenvalue weighted by molar-refractivity contribution is 6.42. The molecular formula is C15H17Cl2N3. The largest absolute Gasteiger partial charge is 0.383 e. The van der Waals surface area contributed by atoms with E-state index in [4.69, 9.17) is 33.9 Å². The Balaban J connectivity index is 2.08. The fourth-order valence-electron chi connectivity index (χ4n) is 2.45. The maximum absolute atomic E-state index is 6.30. The number of rotatable bonds is 4. The van der Waals surface area contributed by atoms with Crippen LogP contribution in [0.4, 0.5) is 5.82 Å². The normalized spacial score (nSPS) is 14.8. The van der Waals surface area contributed by atoms with E-state index in [2.05, 4.69) is 11.5 Å². The second kappa shape index (κ2) is 5.30. The molecule has 1 fully saturated rings. The number of benzene rings is 1. The van der Waals surface area contributed by atoms with Crippen LogP contribution in [0.15, 0.2) is 18.2 Å². The number of nitrogens with two attached hydrogens (primary N) is 1. The average Bonchev–Trinajstić information content (AvgIpc) is 3.21. The summed E-state index contributed by atoms with van der Waals surface area (Å²) >= 11 is 12.1. The van der Waals surface area contributed by atoms with E-state index in [9.17, 15) is 0 Å². The molecule has 1 aromatic heterocycles. The van der Waals surface area contributed by atoms with Crippen molar-refractivity contribution in [2.24, 2.45) is 0 Å². The molecule has 3 rings (SSSR count). The third-order valence-electron chi connectivity index (χ3n) is 3.62. The van der Waals surface area contributed by atoms with Crippen LogP contribution in [0, 0.1) is 0 Å². The summed E-state index contributed by atoms with van der Waals surface area (Å²) in [4.78, 5) is 4.77. The lowest BCUT2D eigenvalue weighted by molar-refractivity contribution is 0.646. The van der Waals surface area contributed by atoms with Crippen LogP contribution in [0.25, 0.3) is 11.3 Å². The highest BCUT2D eigenvalue weighted by Gasteiger charge is 2.30. The summed E-state index contributed by atoms with van der Waals surface area (Å²) < 4.78 is 2.15. The molecule has 0 radical (unpaired) electrons. The lowest BCUT2D eigenvalue weighted by Crippen LogP contribution is -2.06. The molecule has 1 heterocycles. The summed E-state index contributed by atoms with van der Waals surface area (Å²) in [6.07, 6.45) is 3.46. The molecule has 5 heteroatoms. The van der Waals surface area contributed by atoms with Crippen molar-refractivity contribution in [3.05, 3.63) is 34.1 Å². The average molecular weight is 310 g/mol.